The Balaban J connectivity index is 1.51. The summed E-state index contributed by atoms with van der Waals surface area (Å²) in [6, 6.07) is 8.33. The molecule has 0 bridgehead atoms. The SMILES string of the molecule is Cc1cccc(CN2C[C@H]3[C@H](C(=O)N4CCOCC4)CCS(=O)(=O)[C@H]3C2)c1. The van der Waals surface area contributed by atoms with Gasteiger partial charge in [-0.15, -0.1) is 0 Å². The second-order valence-electron chi connectivity index (χ2n) is 8.09. The minimum atomic E-state index is -3.13. The number of likely N-dealkylation sites (tertiary alicyclic amines) is 1. The van der Waals surface area contributed by atoms with Crippen molar-refractivity contribution < 1.29 is 17.9 Å². The maximum Gasteiger partial charge on any atom is 0.226 e. The van der Waals surface area contributed by atoms with Gasteiger partial charge in [-0.05, 0) is 18.9 Å². The lowest BCUT2D eigenvalue weighted by atomic mass is 9.87. The summed E-state index contributed by atoms with van der Waals surface area (Å²) < 4.78 is 30.7. The molecule has 0 aromatic heterocycles. The van der Waals surface area contributed by atoms with E-state index < -0.39 is 15.1 Å². The highest BCUT2D eigenvalue weighted by Gasteiger charge is 2.51. The van der Waals surface area contributed by atoms with Gasteiger partial charge in [0.25, 0.3) is 0 Å². The molecule has 0 radical (unpaired) electrons. The predicted molar refractivity (Wildman–Crippen MR) is 103 cm³/mol. The Kier molecular flexibility index (Phi) is 5.27. The molecule has 3 aliphatic rings. The van der Waals surface area contributed by atoms with Crippen LogP contribution in [0.25, 0.3) is 0 Å². The number of nitrogens with zero attached hydrogens (tertiary/aromatic N) is 2. The minimum Gasteiger partial charge on any atom is -0.378 e. The van der Waals surface area contributed by atoms with E-state index in [1.54, 1.807) is 0 Å². The molecule has 0 N–H and O–H groups in total. The molecule has 27 heavy (non-hydrogen) atoms. The third-order valence-corrected chi connectivity index (χ3v) is 8.43. The Hall–Kier alpha value is -1.44. The summed E-state index contributed by atoms with van der Waals surface area (Å²) in [5.41, 5.74) is 2.40. The van der Waals surface area contributed by atoms with Gasteiger partial charge in [-0.2, -0.15) is 0 Å². The molecule has 1 aromatic carbocycles. The molecule has 0 unspecified atom stereocenters. The summed E-state index contributed by atoms with van der Waals surface area (Å²) in [6.07, 6.45) is 0.456. The zero-order chi connectivity index (χ0) is 19.0. The molecule has 1 amide bonds. The number of rotatable bonds is 3. The molecule has 0 aliphatic carbocycles. The van der Waals surface area contributed by atoms with E-state index in [0.29, 0.717) is 45.8 Å². The molecular formula is C20H28N2O4S. The van der Waals surface area contributed by atoms with Crippen molar-refractivity contribution in [2.24, 2.45) is 11.8 Å². The van der Waals surface area contributed by atoms with Crippen molar-refractivity contribution in [3.05, 3.63) is 35.4 Å². The summed E-state index contributed by atoms with van der Waals surface area (Å²) >= 11 is 0. The largest absolute Gasteiger partial charge is 0.378 e. The van der Waals surface area contributed by atoms with Gasteiger partial charge in [0.1, 0.15) is 0 Å². The van der Waals surface area contributed by atoms with Crippen LogP contribution >= 0.6 is 0 Å². The van der Waals surface area contributed by atoms with Crippen LogP contribution in [-0.2, 0) is 25.9 Å². The zero-order valence-electron chi connectivity index (χ0n) is 15.8. The molecule has 1 aromatic rings. The van der Waals surface area contributed by atoms with E-state index in [-0.39, 0.29) is 23.5 Å². The molecule has 3 aliphatic heterocycles. The molecule has 0 saturated carbocycles. The smallest absolute Gasteiger partial charge is 0.226 e. The van der Waals surface area contributed by atoms with Crippen LogP contribution in [0, 0.1) is 18.8 Å². The number of aryl methyl sites for hydroxylation is 1. The zero-order valence-corrected chi connectivity index (χ0v) is 16.7. The molecular weight excluding hydrogens is 364 g/mol. The van der Waals surface area contributed by atoms with E-state index in [9.17, 15) is 13.2 Å². The van der Waals surface area contributed by atoms with E-state index in [0.717, 1.165) is 6.54 Å². The van der Waals surface area contributed by atoms with Crippen LogP contribution in [0.2, 0.25) is 0 Å². The minimum absolute atomic E-state index is 0.0936. The molecule has 3 fully saturated rings. The number of morpholine rings is 1. The fourth-order valence-corrected chi connectivity index (χ4v) is 6.96. The van der Waals surface area contributed by atoms with E-state index in [4.69, 9.17) is 4.74 Å². The average Bonchev–Trinajstić information content (AvgIpc) is 3.07. The van der Waals surface area contributed by atoms with Crippen LogP contribution in [0.5, 0.6) is 0 Å². The quantitative estimate of drug-likeness (QED) is 0.770. The van der Waals surface area contributed by atoms with Crippen LogP contribution in [0.1, 0.15) is 17.5 Å². The number of carbonyl (C=O) groups excluding carboxylic acids is 1. The van der Waals surface area contributed by atoms with Gasteiger partial charge < -0.3 is 9.64 Å². The third kappa shape index (κ3) is 3.91. The number of carbonyl (C=O) groups is 1. The average molecular weight is 393 g/mol. The second kappa shape index (κ2) is 7.53. The number of hydrogen-bond donors (Lipinski definition) is 0. The van der Waals surface area contributed by atoms with Crippen LogP contribution in [0.4, 0.5) is 0 Å². The maximum absolute atomic E-state index is 13.1. The van der Waals surface area contributed by atoms with Crippen molar-refractivity contribution in [2.45, 2.75) is 25.1 Å². The second-order valence-corrected chi connectivity index (χ2v) is 10.4. The van der Waals surface area contributed by atoms with Crippen LogP contribution in [-0.4, -0.2) is 74.5 Å². The molecule has 4 rings (SSSR count). The molecule has 7 heteroatoms. The number of ether oxygens (including phenoxy) is 1. The van der Waals surface area contributed by atoms with Crippen LogP contribution in [0.3, 0.4) is 0 Å². The van der Waals surface area contributed by atoms with Crippen molar-refractivity contribution in [1.29, 1.82) is 0 Å². The lowest BCUT2D eigenvalue weighted by Gasteiger charge is -2.36. The van der Waals surface area contributed by atoms with Crippen molar-refractivity contribution >= 4 is 15.7 Å². The van der Waals surface area contributed by atoms with Crippen molar-refractivity contribution in [1.82, 2.24) is 9.80 Å². The van der Waals surface area contributed by atoms with E-state index in [1.165, 1.54) is 11.1 Å². The first-order chi connectivity index (χ1) is 12.9. The third-order valence-electron chi connectivity index (χ3n) is 6.20. The Labute approximate surface area is 161 Å². The standard InChI is InChI=1S/C20H28N2O4S/c1-15-3-2-4-16(11-15)12-21-13-18-17(5-10-27(24,25)19(18)14-21)20(23)22-6-8-26-9-7-22/h2-4,11,17-19H,5-10,12-14H2,1H3/t17-,18+,19+/m1/s1. The number of benzene rings is 1. The van der Waals surface area contributed by atoms with Gasteiger partial charge in [-0.1, -0.05) is 29.8 Å². The van der Waals surface area contributed by atoms with Crippen molar-refractivity contribution in [2.75, 3.05) is 45.1 Å². The first-order valence-corrected chi connectivity index (χ1v) is 11.5. The van der Waals surface area contributed by atoms with E-state index in [1.807, 2.05) is 11.0 Å². The van der Waals surface area contributed by atoms with E-state index in [2.05, 4.69) is 30.0 Å². The topological polar surface area (TPSA) is 66.9 Å². The van der Waals surface area contributed by atoms with Gasteiger partial charge in [0.05, 0.1) is 24.2 Å². The van der Waals surface area contributed by atoms with E-state index >= 15 is 0 Å². The lowest BCUT2D eigenvalue weighted by molar-refractivity contribution is -0.141. The predicted octanol–water partition coefficient (Wildman–Crippen LogP) is 1.09. The highest BCUT2D eigenvalue weighted by Crippen LogP contribution is 2.38. The molecule has 3 atom stereocenters. The molecule has 3 heterocycles. The summed E-state index contributed by atoms with van der Waals surface area (Å²) in [5.74, 6) is -0.0173. The number of amides is 1. The summed E-state index contributed by atoms with van der Waals surface area (Å²) in [6.45, 7) is 6.40. The van der Waals surface area contributed by atoms with Crippen LogP contribution in [0.15, 0.2) is 24.3 Å². The molecule has 148 valence electrons. The van der Waals surface area contributed by atoms with Gasteiger partial charge in [-0.3, -0.25) is 9.69 Å². The van der Waals surface area contributed by atoms with Gasteiger partial charge in [-0.25, -0.2) is 8.42 Å². The Bertz CT molecular complexity index is 804. The number of sulfone groups is 1. The van der Waals surface area contributed by atoms with Gasteiger partial charge in [0, 0.05) is 44.6 Å². The maximum atomic E-state index is 13.1. The Morgan fingerprint density at radius 3 is 2.74 bits per heavy atom. The molecule has 0 spiro atoms. The first-order valence-electron chi connectivity index (χ1n) is 9.80. The number of hydrogen-bond acceptors (Lipinski definition) is 5. The van der Waals surface area contributed by atoms with Gasteiger partial charge >= 0.3 is 0 Å². The normalized spacial score (nSPS) is 30.9. The fourth-order valence-electron chi connectivity index (χ4n) is 4.83. The van der Waals surface area contributed by atoms with Crippen LogP contribution < -0.4 is 0 Å². The molecule has 3 saturated heterocycles. The van der Waals surface area contributed by atoms with Crippen molar-refractivity contribution in [3.63, 3.8) is 0 Å². The van der Waals surface area contributed by atoms with Gasteiger partial charge in [0.15, 0.2) is 9.84 Å². The monoisotopic (exact) mass is 392 g/mol. The highest BCUT2D eigenvalue weighted by atomic mass is 32.2. The summed E-state index contributed by atoms with van der Waals surface area (Å²) in [5, 5.41) is -0.411. The Morgan fingerprint density at radius 2 is 2.00 bits per heavy atom. The fraction of sp³-hybridized carbons (Fsp3) is 0.650. The summed E-state index contributed by atoms with van der Waals surface area (Å²) in [4.78, 5) is 17.2. The molecule has 6 nitrogen and oxygen atoms in total. The van der Waals surface area contributed by atoms with Crippen molar-refractivity contribution in [3.8, 4) is 0 Å². The Morgan fingerprint density at radius 1 is 1.22 bits per heavy atom. The first kappa shape index (κ1) is 18.9. The highest BCUT2D eigenvalue weighted by molar-refractivity contribution is 7.92. The number of fused-ring (bicyclic) bond motifs is 1. The van der Waals surface area contributed by atoms with Gasteiger partial charge in [0.2, 0.25) is 5.91 Å². The summed E-state index contributed by atoms with van der Waals surface area (Å²) in [7, 11) is -3.13. The lowest BCUT2D eigenvalue weighted by Crippen LogP contribution is -2.50.